The van der Waals surface area contributed by atoms with E-state index in [4.69, 9.17) is 19.8 Å². The van der Waals surface area contributed by atoms with E-state index in [1.165, 1.54) is 27.7 Å². The second-order valence-corrected chi connectivity index (χ2v) is 3.89. The smallest absolute Gasteiger partial charge is 0.550 e. The van der Waals surface area contributed by atoms with Gasteiger partial charge in [-0.05, 0) is 39.5 Å². The van der Waals surface area contributed by atoms with Crippen molar-refractivity contribution in [2.75, 3.05) is 0 Å². The van der Waals surface area contributed by atoms with E-state index in [-0.39, 0.29) is 110 Å². The van der Waals surface area contributed by atoms with E-state index in [0.29, 0.717) is 0 Å². The fourth-order valence-corrected chi connectivity index (χ4v) is 0. The normalized spacial score (nSPS) is 6.39. The summed E-state index contributed by atoms with van der Waals surface area (Å²) in [6.07, 6.45) is 0.444. The topological polar surface area (TPSA) is 241 Å². The number of carboxylic acid groups (broad SMARTS) is 6. The molecule has 0 spiro atoms. The summed E-state index contributed by atoms with van der Waals surface area (Å²) in [5.74, 6) is -6.15. The van der Waals surface area contributed by atoms with Gasteiger partial charge in [-0.1, -0.05) is 27.7 Å². The Bertz CT molecular complexity index is 370. The third-order valence-corrected chi connectivity index (χ3v) is 1.15. The minimum absolute atomic E-state index is 0. The number of hydrogen-bond donors (Lipinski definition) is 0. The molecule has 12 nitrogen and oxygen atoms in total. The number of carboxylic acids is 6. The maximum Gasteiger partial charge on any atom is 2.00 e. The first kappa shape index (κ1) is 57.5. The predicted molar refractivity (Wildman–Crippen MR) is 99.8 cm³/mol. The van der Waals surface area contributed by atoms with E-state index in [1.54, 1.807) is 0 Å². The summed E-state index contributed by atoms with van der Waals surface area (Å²) in [5, 5.41) is 54.8. The molecule has 0 aromatic heterocycles. The van der Waals surface area contributed by atoms with Gasteiger partial charge in [0.05, 0.1) is 0 Å². The molecule has 168 valence electrons. The van der Waals surface area contributed by atoms with Gasteiger partial charge in [0.15, 0.2) is 0 Å². The van der Waals surface area contributed by atoms with Crippen molar-refractivity contribution in [3.05, 3.63) is 0 Å². The van der Waals surface area contributed by atoms with Crippen molar-refractivity contribution >= 4 is 120 Å². The van der Waals surface area contributed by atoms with Gasteiger partial charge in [0, 0.05) is 35.8 Å². The van der Waals surface area contributed by atoms with E-state index in [1.807, 2.05) is 0 Å². The van der Waals surface area contributed by atoms with Gasteiger partial charge in [0.2, 0.25) is 0 Å². The summed E-state index contributed by atoms with van der Waals surface area (Å²) >= 11 is 0. The standard InChI is InChI=1S/4C3H6O2.2C2H4O2.Ca.2Mg/c4*1-2-3(4)5;2*1-2(3)4;;;/h4*2H2,1H3,(H,4,5);2*1H3,(H,3,4);;;/q;;;;;;3*+2/p-6. The zero-order valence-corrected chi connectivity index (χ0v) is 23.9. The molecule has 31 heavy (non-hydrogen) atoms. The van der Waals surface area contributed by atoms with E-state index in [9.17, 15) is 39.6 Å². The van der Waals surface area contributed by atoms with Crippen molar-refractivity contribution in [2.24, 2.45) is 0 Å². The maximum atomic E-state index is 9.26. The Labute approximate surface area is 244 Å². The van der Waals surface area contributed by atoms with Gasteiger partial charge < -0.3 is 59.4 Å². The van der Waals surface area contributed by atoms with Crippen LogP contribution in [0.5, 0.6) is 0 Å². The molecule has 0 bridgehead atoms. The maximum absolute atomic E-state index is 9.26. The summed E-state index contributed by atoms with van der Waals surface area (Å²) in [4.78, 5) is 54.8. The van der Waals surface area contributed by atoms with E-state index in [0.717, 1.165) is 13.8 Å². The molecule has 0 N–H and O–H groups in total. The third kappa shape index (κ3) is 390. The second kappa shape index (κ2) is 51.9. The van der Waals surface area contributed by atoms with E-state index >= 15 is 0 Å². The molecule has 0 atom stereocenters. The Morgan fingerprint density at radius 2 is 0.484 bits per heavy atom. The van der Waals surface area contributed by atoms with E-state index in [2.05, 4.69) is 0 Å². The van der Waals surface area contributed by atoms with Crippen molar-refractivity contribution < 1.29 is 59.4 Å². The summed E-state index contributed by atoms with van der Waals surface area (Å²) in [7, 11) is 0. The predicted octanol–water partition coefficient (Wildman–Crippen LogP) is -7.04. The fourth-order valence-electron chi connectivity index (χ4n) is 0. The molecule has 0 unspecified atom stereocenters. The molecule has 0 fully saturated rings. The van der Waals surface area contributed by atoms with Gasteiger partial charge in [-0.2, -0.15) is 0 Å². The van der Waals surface area contributed by atoms with Crippen LogP contribution < -0.4 is 30.6 Å². The Hall–Kier alpha value is -0.388. The van der Waals surface area contributed by atoms with Crippen molar-refractivity contribution in [3.63, 3.8) is 0 Å². The number of carbonyl (C=O) groups excluding carboxylic acids is 6. The Morgan fingerprint density at radius 3 is 0.484 bits per heavy atom. The van der Waals surface area contributed by atoms with Crippen LogP contribution in [-0.4, -0.2) is 120 Å². The SMILES string of the molecule is CC(=O)[O-].CC(=O)[O-].CCC(=O)[O-].CCC(=O)[O-].CCC(=O)[O-].CCC(=O)[O-].[Ca+2].[Mg+2].[Mg+2]. The van der Waals surface area contributed by atoms with Crippen LogP contribution in [-0.2, 0) is 28.8 Å². The average Bonchev–Trinajstić information content (AvgIpc) is 2.55. The van der Waals surface area contributed by atoms with Crippen LogP contribution in [0.15, 0.2) is 0 Å². The first-order chi connectivity index (χ1) is 12.5. The van der Waals surface area contributed by atoms with Crippen LogP contribution in [0.25, 0.3) is 0 Å². The molecule has 0 heterocycles. The number of hydrogen-bond acceptors (Lipinski definition) is 12. The first-order valence-electron chi connectivity index (χ1n) is 7.69. The monoisotopic (exact) mass is 498 g/mol. The summed E-state index contributed by atoms with van der Waals surface area (Å²) < 4.78 is 0. The van der Waals surface area contributed by atoms with Crippen molar-refractivity contribution in [3.8, 4) is 0 Å². The zero-order chi connectivity index (χ0) is 24.3. The molecule has 0 aromatic rings. The summed E-state index contributed by atoms with van der Waals surface area (Å²) in [6.45, 7) is 8.09. The molecule has 0 aliphatic rings. The number of aliphatic carboxylic acids is 6. The van der Waals surface area contributed by atoms with Crippen molar-refractivity contribution in [1.29, 1.82) is 0 Å². The number of rotatable bonds is 4. The molecular weight excluding hydrogens is 473 g/mol. The van der Waals surface area contributed by atoms with Gasteiger partial charge in [0.25, 0.3) is 0 Å². The minimum atomic E-state index is -1.08. The molecule has 0 saturated heterocycles. The molecule has 0 aliphatic heterocycles. The first-order valence-corrected chi connectivity index (χ1v) is 7.69. The van der Waals surface area contributed by atoms with Gasteiger partial charge >= 0.3 is 83.8 Å². The summed E-state index contributed by atoms with van der Waals surface area (Å²) in [6, 6.07) is 0. The fraction of sp³-hybridized carbons (Fsp3) is 0.625. The quantitative estimate of drug-likeness (QED) is 0.328. The molecular formula is C16H26CaMg2O12. The minimum Gasteiger partial charge on any atom is -0.550 e. The molecule has 0 rings (SSSR count). The van der Waals surface area contributed by atoms with Crippen LogP contribution in [0.1, 0.15) is 67.2 Å². The molecule has 0 amide bonds. The van der Waals surface area contributed by atoms with Crippen LogP contribution in [0, 0.1) is 0 Å². The van der Waals surface area contributed by atoms with Gasteiger partial charge in [-0.15, -0.1) is 0 Å². The molecule has 0 aliphatic carbocycles. The molecule has 0 aromatic carbocycles. The van der Waals surface area contributed by atoms with Gasteiger partial charge in [-0.3, -0.25) is 0 Å². The van der Waals surface area contributed by atoms with Crippen LogP contribution in [0.4, 0.5) is 0 Å². The zero-order valence-electron chi connectivity index (χ0n) is 18.8. The second-order valence-electron chi connectivity index (χ2n) is 3.89. The Kier molecular flexibility index (Phi) is 96.2. The third-order valence-electron chi connectivity index (χ3n) is 1.15. The largest absolute Gasteiger partial charge is 2.00 e. The molecule has 0 radical (unpaired) electrons. The average molecular weight is 499 g/mol. The van der Waals surface area contributed by atoms with Crippen LogP contribution in [0.2, 0.25) is 0 Å². The van der Waals surface area contributed by atoms with Crippen LogP contribution in [0.3, 0.4) is 0 Å². The van der Waals surface area contributed by atoms with E-state index < -0.39 is 35.8 Å². The van der Waals surface area contributed by atoms with Crippen molar-refractivity contribution in [2.45, 2.75) is 67.2 Å². The van der Waals surface area contributed by atoms with Gasteiger partial charge in [0.1, 0.15) is 0 Å². The summed E-state index contributed by atoms with van der Waals surface area (Å²) in [5.41, 5.74) is 0. The van der Waals surface area contributed by atoms with Crippen molar-refractivity contribution in [1.82, 2.24) is 0 Å². The van der Waals surface area contributed by atoms with Gasteiger partial charge in [-0.25, -0.2) is 0 Å². The Balaban J connectivity index is -0.0000000263. The molecule has 15 heteroatoms. The number of carbonyl (C=O) groups is 6. The Morgan fingerprint density at radius 1 is 0.452 bits per heavy atom. The molecule has 0 saturated carbocycles. The van der Waals surface area contributed by atoms with Crippen LogP contribution >= 0.6 is 0 Å².